The van der Waals surface area contributed by atoms with Crippen molar-refractivity contribution in [3.8, 4) is 0 Å². The number of unbranched alkanes of at least 4 members (excludes halogenated alkanes) is 3. The average Bonchev–Trinajstić information content (AvgIpc) is 2.59. The standard InChI is InChI=1S/C20H32N2O/c1-4-7-8-11-14-22-20(23)19(21)15-17(6-3)18-13-10-9-12-16(18)5-2/h6,9-10,12-13,19H,4-5,7-8,11,14-15,21H2,1-3H3,(H,22,23)/b17-6-. The fourth-order valence-corrected chi connectivity index (χ4v) is 2.75. The highest BCUT2D eigenvalue weighted by molar-refractivity contribution is 5.84. The van der Waals surface area contributed by atoms with E-state index in [1.54, 1.807) is 0 Å². The molecule has 0 fully saturated rings. The number of aryl methyl sites for hydroxylation is 1. The molecule has 0 radical (unpaired) electrons. The minimum absolute atomic E-state index is 0.0465. The van der Waals surface area contributed by atoms with Gasteiger partial charge in [-0.15, -0.1) is 0 Å². The number of hydrogen-bond donors (Lipinski definition) is 2. The first-order chi connectivity index (χ1) is 11.1. The molecule has 0 aromatic heterocycles. The summed E-state index contributed by atoms with van der Waals surface area (Å²) in [6.45, 7) is 7.07. The molecule has 1 atom stereocenters. The van der Waals surface area contributed by atoms with Gasteiger partial charge in [0.25, 0.3) is 0 Å². The Balaban J connectivity index is 2.56. The van der Waals surface area contributed by atoms with Crippen molar-refractivity contribution >= 4 is 11.5 Å². The van der Waals surface area contributed by atoms with Crippen LogP contribution in [0.5, 0.6) is 0 Å². The highest BCUT2D eigenvalue weighted by Gasteiger charge is 2.16. The van der Waals surface area contributed by atoms with E-state index in [-0.39, 0.29) is 5.91 Å². The van der Waals surface area contributed by atoms with Crippen LogP contribution in [0.2, 0.25) is 0 Å². The van der Waals surface area contributed by atoms with Crippen LogP contribution in [0.1, 0.15) is 64.0 Å². The molecule has 0 heterocycles. The van der Waals surface area contributed by atoms with E-state index in [0.717, 1.165) is 31.4 Å². The van der Waals surface area contributed by atoms with Crippen molar-refractivity contribution in [3.63, 3.8) is 0 Å². The van der Waals surface area contributed by atoms with Gasteiger partial charge in [-0.3, -0.25) is 4.79 Å². The van der Waals surface area contributed by atoms with E-state index in [2.05, 4.69) is 43.4 Å². The van der Waals surface area contributed by atoms with Crippen LogP contribution < -0.4 is 11.1 Å². The topological polar surface area (TPSA) is 55.1 Å². The second-order valence-electron chi connectivity index (χ2n) is 5.99. The maximum Gasteiger partial charge on any atom is 0.237 e. The number of carbonyl (C=O) groups is 1. The summed E-state index contributed by atoms with van der Waals surface area (Å²) in [5, 5.41) is 2.96. The minimum atomic E-state index is -0.489. The molecule has 3 N–H and O–H groups in total. The van der Waals surface area contributed by atoms with Gasteiger partial charge in [0, 0.05) is 6.54 Å². The zero-order valence-electron chi connectivity index (χ0n) is 14.9. The van der Waals surface area contributed by atoms with E-state index < -0.39 is 6.04 Å². The first-order valence-electron chi connectivity index (χ1n) is 8.90. The number of nitrogens with one attached hydrogen (secondary N) is 1. The van der Waals surface area contributed by atoms with E-state index >= 15 is 0 Å². The highest BCUT2D eigenvalue weighted by Crippen LogP contribution is 2.23. The smallest absolute Gasteiger partial charge is 0.237 e. The minimum Gasteiger partial charge on any atom is -0.355 e. The molecule has 0 spiro atoms. The summed E-state index contributed by atoms with van der Waals surface area (Å²) >= 11 is 0. The highest BCUT2D eigenvalue weighted by atomic mass is 16.2. The number of rotatable bonds is 10. The van der Waals surface area contributed by atoms with Gasteiger partial charge < -0.3 is 11.1 Å². The van der Waals surface area contributed by atoms with Crippen molar-refractivity contribution in [2.75, 3.05) is 6.54 Å². The molecule has 0 saturated carbocycles. The van der Waals surface area contributed by atoms with Gasteiger partial charge in [-0.25, -0.2) is 0 Å². The molecule has 3 heteroatoms. The van der Waals surface area contributed by atoms with Crippen LogP contribution in [-0.4, -0.2) is 18.5 Å². The maximum absolute atomic E-state index is 12.1. The first kappa shape index (κ1) is 19.4. The Bertz CT molecular complexity index is 508. The van der Waals surface area contributed by atoms with Crippen molar-refractivity contribution in [2.24, 2.45) is 5.73 Å². The molecule has 0 saturated heterocycles. The van der Waals surface area contributed by atoms with E-state index in [4.69, 9.17) is 5.73 Å². The normalized spacial score (nSPS) is 13.0. The van der Waals surface area contributed by atoms with Gasteiger partial charge >= 0.3 is 0 Å². The number of benzene rings is 1. The lowest BCUT2D eigenvalue weighted by Gasteiger charge is -2.17. The van der Waals surface area contributed by atoms with E-state index in [1.165, 1.54) is 24.0 Å². The quantitative estimate of drug-likeness (QED) is 0.639. The van der Waals surface area contributed by atoms with Crippen molar-refractivity contribution in [2.45, 2.75) is 65.3 Å². The summed E-state index contributed by atoms with van der Waals surface area (Å²) in [4.78, 5) is 12.1. The maximum atomic E-state index is 12.1. The summed E-state index contributed by atoms with van der Waals surface area (Å²) in [5.74, 6) is -0.0465. The molecule has 1 aromatic rings. The second-order valence-corrected chi connectivity index (χ2v) is 5.99. The van der Waals surface area contributed by atoms with Gasteiger partial charge in [-0.2, -0.15) is 0 Å². The Labute approximate surface area is 141 Å². The number of hydrogen-bond acceptors (Lipinski definition) is 2. The van der Waals surface area contributed by atoms with Gasteiger partial charge in [0.05, 0.1) is 6.04 Å². The van der Waals surface area contributed by atoms with Gasteiger partial charge in [0.15, 0.2) is 0 Å². The van der Waals surface area contributed by atoms with Gasteiger partial charge in [-0.05, 0) is 42.9 Å². The van der Waals surface area contributed by atoms with E-state index in [9.17, 15) is 4.79 Å². The van der Waals surface area contributed by atoms with Crippen LogP contribution in [0.25, 0.3) is 5.57 Å². The second kappa shape index (κ2) is 11.0. The predicted octanol–water partition coefficient (Wildman–Crippen LogP) is 4.07. The third kappa shape index (κ3) is 6.57. The Hall–Kier alpha value is -1.61. The third-order valence-corrected chi connectivity index (χ3v) is 4.20. The molecule has 23 heavy (non-hydrogen) atoms. The fraction of sp³-hybridized carbons (Fsp3) is 0.550. The largest absolute Gasteiger partial charge is 0.355 e. The molecule has 3 nitrogen and oxygen atoms in total. The summed E-state index contributed by atoms with van der Waals surface area (Å²) in [5.41, 5.74) is 9.77. The molecule has 0 aliphatic carbocycles. The van der Waals surface area contributed by atoms with Crippen LogP contribution in [0.3, 0.4) is 0 Å². The van der Waals surface area contributed by atoms with Crippen molar-refractivity contribution < 1.29 is 4.79 Å². The van der Waals surface area contributed by atoms with Crippen molar-refractivity contribution in [1.82, 2.24) is 5.32 Å². The number of nitrogens with two attached hydrogens (primary N) is 1. The van der Waals surface area contributed by atoms with Gasteiger partial charge in [0.1, 0.15) is 0 Å². The average molecular weight is 316 g/mol. The van der Waals surface area contributed by atoms with Crippen LogP contribution >= 0.6 is 0 Å². The lowest BCUT2D eigenvalue weighted by molar-refractivity contribution is -0.122. The molecule has 1 aromatic carbocycles. The Morgan fingerprint density at radius 3 is 2.61 bits per heavy atom. The molecule has 0 bridgehead atoms. The summed E-state index contributed by atoms with van der Waals surface area (Å²) in [6, 6.07) is 7.86. The monoisotopic (exact) mass is 316 g/mol. The lowest BCUT2D eigenvalue weighted by atomic mass is 9.93. The molecular weight excluding hydrogens is 284 g/mol. The van der Waals surface area contributed by atoms with Crippen LogP contribution in [0.15, 0.2) is 30.3 Å². The SMILES string of the molecule is C/C=C(/CC(N)C(=O)NCCCCCC)c1ccccc1CC. The summed E-state index contributed by atoms with van der Waals surface area (Å²) < 4.78 is 0. The van der Waals surface area contributed by atoms with Crippen molar-refractivity contribution in [1.29, 1.82) is 0 Å². The molecule has 128 valence electrons. The van der Waals surface area contributed by atoms with Crippen LogP contribution in [0.4, 0.5) is 0 Å². The molecule has 0 aliphatic heterocycles. The predicted molar refractivity (Wildman–Crippen MR) is 99.2 cm³/mol. The molecule has 1 amide bonds. The molecule has 0 aliphatic rings. The number of carbonyl (C=O) groups excluding carboxylic acids is 1. The number of amides is 1. The summed E-state index contributed by atoms with van der Waals surface area (Å²) in [7, 11) is 0. The lowest BCUT2D eigenvalue weighted by Crippen LogP contribution is -2.41. The van der Waals surface area contributed by atoms with Crippen LogP contribution in [0, 0.1) is 0 Å². The Kier molecular flexibility index (Phi) is 9.30. The van der Waals surface area contributed by atoms with Gasteiger partial charge in [0.2, 0.25) is 5.91 Å². The van der Waals surface area contributed by atoms with E-state index in [0.29, 0.717) is 6.42 Å². The molecule has 1 rings (SSSR count). The zero-order valence-corrected chi connectivity index (χ0v) is 14.9. The third-order valence-electron chi connectivity index (χ3n) is 4.20. The molecule has 1 unspecified atom stereocenters. The first-order valence-corrected chi connectivity index (χ1v) is 8.90. The fourth-order valence-electron chi connectivity index (χ4n) is 2.75. The Morgan fingerprint density at radius 1 is 1.22 bits per heavy atom. The summed E-state index contributed by atoms with van der Waals surface area (Å²) in [6.07, 6.45) is 8.24. The van der Waals surface area contributed by atoms with Crippen LogP contribution in [-0.2, 0) is 11.2 Å². The number of allylic oxidation sites excluding steroid dienone is 1. The van der Waals surface area contributed by atoms with Gasteiger partial charge in [-0.1, -0.05) is 63.5 Å². The Morgan fingerprint density at radius 2 is 1.96 bits per heavy atom. The van der Waals surface area contributed by atoms with Crippen molar-refractivity contribution in [3.05, 3.63) is 41.5 Å². The molecular formula is C20H32N2O. The van der Waals surface area contributed by atoms with E-state index in [1.807, 2.05) is 13.0 Å². The zero-order chi connectivity index (χ0) is 17.1.